The summed E-state index contributed by atoms with van der Waals surface area (Å²) < 4.78 is 9.72. The third kappa shape index (κ3) is 3.49. The highest BCUT2D eigenvalue weighted by atomic mass is 16.5. The number of hydrogen-bond donors (Lipinski definition) is 2. The van der Waals surface area contributed by atoms with Gasteiger partial charge in [0.05, 0.1) is 13.7 Å². The molecule has 6 heteroatoms. The molecule has 1 amide bonds. The summed E-state index contributed by atoms with van der Waals surface area (Å²) >= 11 is 0. The van der Waals surface area contributed by atoms with Gasteiger partial charge in [-0.1, -0.05) is 0 Å². The molecule has 1 aliphatic heterocycles. The van der Waals surface area contributed by atoms with Crippen molar-refractivity contribution in [1.29, 1.82) is 0 Å². The highest BCUT2D eigenvalue weighted by Gasteiger charge is 2.25. The van der Waals surface area contributed by atoms with Crippen molar-refractivity contribution in [2.24, 2.45) is 0 Å². The van der Waals surface area contributed by atoms with Gasteiger partial charge in [0.1, 0.15) is 12.1 Å². The average Bonchev–Trinajstić information content (AvgIpc) is 2.29. The fraction of sp³-hybridized carbons (Fsp3) is 0.778. The van der Waals surface area contributed by atoms with Crippen LogP contribution in [-0.2, 0) is 19.1 Å². The lowest BCUT2D eigenvalue weighted by Crippen LogP contribution is -2.51. The smallest absolute Gasteiger partial charge is 0.328 e. The van der Waals surface area contributed by atoms with Gasteiger partial charge in [0.2, 0.25) is 0 Å². The van der Waals surface area contributed by atoms with E-state index in [4.69, 9.17) is 4.74 Å². The molecule has 6 nitrogen and oxygen atoms in total. The molecule has 15 heavy (non-hydrogen) atoms. The molecular formula is C9H16N2O4. The Kier molecular flexibility index (Phi) is 4.51. The topological polar surface area (TPSA) is 76.7 Å². The van der Waals surface area contributed by atoms with Gasteiger partial charge < -0.3 is 20.1 Å². The van der Waals surface area contributed by atoms with Gasteiger partial charge in [-0.15, -0.1) is 0 Å². The van der Waals surface area contributed by atoms with Gasteiger partial charge in [0.25, 0.3) is 5.91 Å². The Morgan fingerprint density at radius 1 is 1.60 bits per heavy atom. The van der Waals surface area contributed by atoms with Crippen LogP contribution in [-0.4, -0.2) is 50.8 Å². The Morgan fingerprint density at radius 2 is 2.33 bits per heavy atom. The van der Waals surface area contributed by atoms with Crippen molar-refractivity contribution in [2.45, 2.75) is 19.1 Å². The molecule has 2 atom stereocenters. The molecule has 0 spiro atoms. The van der Waals surface area contributed by atoms with Crippen LogP contribution in [0.3, 0.4) is 0 Å². The van der Waals surface area contributed by atoms with E-state index < -0.39 is 18.1 Å². The molecule has 1 rings (SSSR count). The Hall–Kier alpha value is -1.14. The summed E-state index contributed by atoms with van der Waals surface area (Å²) in [4.78, 5) is 22.6. The molecule has 0 aromatic carbocycles. The van der Waals surface area contributed by atoms with Gasteiger partial charge in [-0.2, -0.15) is 0 Å². The van der Waals surface area contributed by atoms with Crippen LogP contribution in [0.1, 0.15) is 6.92 Å². The zero-order chi connectivity index (χ0) is 11.3. The number of nitrogens with one attached hydrogen (secondary N) is 2. The van der Waals surface area contributed by atoms with E-state index in [-0.39, 0.29) is 5.91 Å². The first kappa shape index (κ1) is 11.9. The Morgan fingerprint density at radius 3 is 2.87 bits per heavy atom. The number of carbonyl (C=O) groups is 2. The van der Waals surface area contributed by atoms with E-state index in [0.29, 0.717) is 13.2 Å². The summed E-state index contributed by atoms with van der Waals surface area (Å²) in [6.07, 6.45) is -0.522. The second kappa shape index (κ2) is 5.67. The molecule has 0 radical (unpaired) electrons. The molecule has 1 saturated heterocycles. The second-order valence-corrected chi connectivity index (χ2v) is 3.32. The van der Waals surface area contributed by atoms with Gasteiger partial charge in [-0.3, -0.25) is 4.79 Å². The molecule has 1 heterocycles. The number of rotatable bonds is 3. The zero-order valence-corrected chi connectivity index (χ0v) is 8.91. The number of ether oxygens (including phenoxy) is 2. The predicted molar refractivity (Wildman–Crippen MR) is 52.2 cm³/mol. The molecule has 0 aromatic heterocycles. The lowest BCUT2D eigenvalue weighted by atomic mass is 10.2. The van der Waals surface area contributed by atoms with Crippen molar-refractivity contribution >= 4 is 11.9 Å². The van der Waals surface area contributed by atoms with E-state index in [0.717, 1.165) is 6.54 Å². The van der Waals surface area contributed by atoms with Crippen molar-refractivity contribution < 1.29 is 19.1 Å². The van der Waals surface area contributed by atoms with Gasteiger partial charge in [-0.25, -0.2) is 4.79 Å². The predicted octanol–water partition coefficient (Wildman–Crippen LogP) is -1.35. The summed E-state index contributed by atoms with van der Waals surface area (Å²) in [6.45, 7) is 3.29. The average molecular weight is 216 g/mol. The number of hydrogen-bond acceptors (Lipinski definition) is 5. The van der Waals surface area contributed by atoms with Gasteiger partial charge in [-0.05, 0) is 6.92 Å². The third-order valence-electron chi connectivity index (χ3n) is 2.13. The van der Waals surface area contributed by atoms with E-state index >= 15 is 0 Å². The molecule has 0 saturated carbocycles. The van der Waals surface area contributed by atoms with Crippen LogP contribution in [0.15, 0.2) is 0 Å². The SMILES string of the molecule is COC(=O)C(C)NC(=O)[C@H]1CNCCO1. The molecule has 2 N–H and O–H groups in total. The fourth-order valence-corrected chi connectivity index (χ4v) is 1.28. The molecule has 86 valence electrons. The standard InChI is InChI=1S/C9H16N2O4/c1-6(9(13)14-2)11-8(12)7-5-10-3-4-15-7/h6-7,10H,3-5H2,1-2H3,(H,11,12)/t6?,7-/m1/s1. The lowest BCUT2D eigenvalue weighted by Gasteiger charge is -2.23. The third-order valence-corrected chi connectivity index (χ3v) is 2.13. The second-order valence-electron chi connectivity index (χ2n) is 3.32. The molecule has 1 fully saturated rings. The normalized spacial score (nSPS) is 22.9. The van der Waals surface area contributed by atoms with Crippen LogP contribution in [0.2, 0.25) is 0 Å². The summed E-state index contributed by atoms with van der Waals surface area (Å²) in [5.41, 5.74) is 0. The lowest BCUT2D eigenvalue weighted by molar-refractivity contribution is -0.146. The van der Waals surface area contributed by atoms with E-state index in [1.54, 1.807) is 6.92 Å². The summed E-state index contributed by atoms with van der Waals surface area (Å²) in [5.74, 6) is -0.757. The number of morpholine rings is 1. The van der Waals surface area contributed by atoms with Crippen molar-refractivity contribution in [1.82, 2.24) is 10.6 Å². The van der Waals surface area contributed by atoms with Gasteiger partial charge >= 0.3 is 5.97 Å². The van der Waals surface area contributed by atoms with E-state index in [2.05, 4.69) is 15.4 Å². The number of amides is 1. The zero-order valence-electron chi connectivity index (χ0n) is 8.91. The maximum atomic E-state index is 11.5. The Labute approximate surface area is 88.3 Å². The van der Waals surface area contributed by atoms with Gasteiger partial charge in [0.15, 0.2) is 0 Å². The summed E-state index contributed by atoms with van der Waals surface area (Å²) in [5, 5.41) is 5.55. The number of methoxy groups -OCH3 is 1. The summed E-state index contributed by atoms with van der Waals surface area (Å²) in [6, 6.07) is -0.645. The minimum absolute atomic E-state index is 0.292. The van der Waals surface area contributed by atoms with E-state index in [1.165, 1.54) is 7.11 Å². The van der Waals surface area contributed by atoms with E-state index in [1.807, 2.05) is 0 Å². The van der Waals surface area contributed by atoms with Crippen molar-refractivity contribution in [3.05, 3.63) is 0 Å². The maximum absolute atomic E-state index is 11.5. The molecule has 0 aromatic rings. The number of esters is 1. The first-order valence-corrected chi connectivity index (χ1v) is 4.85. The molecular weight excluding hydrogens is 200 g/mol. The van der Waals surface area contributed by atoms with Crippen molar-refractivity contribution in [2.75, 3.05) is 26.8 Å². The van der Waals surface area contributed by atoms with Crippen molar-refractivity contribution in [3.8, 4) is 0 Å². The quantitative estimate of drug-likeness (QED) is 0.571. The fourth-order valence-electron chi connectivity index (χ4n) is 1.28. The van der Waals surface area contributed by atoms with Crippen LogP contribution in [0, 0.1) is 0 Å². The van der Waals surface area contributed by atoms with Crippen LogP contribution in [0.5, 0.6) is 0 Å². The molecule has 0 bridgehead atoms. The van der Waals surface area contributed by atoms with Crippen LogP contribution >= 0.6 is 0 Å². The Bertz CT molecular complexity index is 238. The molecule has 1 aliphatic rings. The minimum Gasteiger partial charge on any atom is -0.467 e. The minimum atomic E-state index is -0.645. The van der Waals surface area contributed by atoms with Crippen LogP contribution < -0.4 is 10.6 Å². The highest BCUT2D eigenvalue weighted by molar-refractivity contribution is 5.86. The first-order valence-electron chi connectivity index (χ1n) is 4.85. The first-order chi connectivity index (χ1) is 7.15. The molecule has 0 aliphatic carbocycles. The van der Waals surface area contributed by atoms with E-state index in [9.17, 15) is 9.59 Å². The van der Waals surface area contributed by atoms with Crippen molar-refractivity contribution in [3.63, 3.8) is 0 Å². The Balaban J connectivity index is 2.36. The van der Waals surface area contributed by atoms with Gasteiger partial charge in [0, 0.05) is 13.1 Å². The van der Waals surface area contributed by atoms with Crippen LogP contribution in [0.25, 0.3) is 0 Å². The number of carbonyl (C=O) groups excluding carboxylic acids is 2. The molecule has 1 unspecified atom stereocenters. The maximum Gasteiger partial charge on any atom is 0.328 e. The highest BCUT2D eigenvalue weighted by Crippen LogP contribution is 1.97. The largest absolute Gasteiger partial charge is 0.467 e. The monoisotopic (exact) mass is 216 g/mol. The van der Waals surface area contributed by atoms with Crippen LogP contribution in [0.4, 0.5) is 0 Å². The summed E-state index contributed by atoms with van der Waals surface area (Å²) in [7, 11) is 1.28.